The first kappa shape index (κ1) is 22.9. The predicted molar refractivity (Wildman–Crippen MR) is 126 cm³/mol. The summed E-state index contributed by atoms with van der Waals surface area (Å²) in [5.41, 5.74) is 3.17. The van der Waals surface area contributed by atoms with Crippen molar-refractivity contribution in [1.29, 1.82) is 0 Å². The van der Waals surface area contributed by atoms with Gasteiger partial charge in [-0.15, -0.1) is 0 Å². The molecular formula is C26H31N3O4. The molecule has 0 saturated carbocycles. The van der Waals surface area contributed by atoms with E-state index in [1.807, 2.05) is 30.3 Å². The van der Waals surface area contributed by atoms with Crippen LogP contribution in [0, 0.1) is 5.92 Å². The first-order valence-corrected chi connectivity index (χ1v) is 11.4. The third kappa shape index (κ3) is 5.54. The van der Waals surface area contributed by atoms with Crippen molar-refractivity contribution in [1.82, 2.24) is 15.5 Å². The van der Waals surface area contributed by atoms with E-state index in [0.717, 1.165) is 37.9 Å². The Bertz CT molecular complexity index is 1010. The zero-order valence-corrected chi connectivity index (χ0v) is 19.2. The van der Waals surface area contributed by atoms with Crippen LogP contribution in [0.4, 0.5) is 4.79 Å². The van der Waals surface area contributed by atoms with Gasteiger partial charge in [0.2, 0.25) is 0 Å². The van der Waals surface area contributed by atoms with Crippen LogP contribution in [0.5, 0.6) is 5.75 Å². The molecule has 0 aliphatic carbocycles. The van der Waals surface area contributed by atoms with Gasteiger partial charge in [0.25, 0.3) is 0 Å². The number of benzene rings is 2. The Balaban J connectivity index is 1.51. The molecule has 2 heterocycles. The molecule has 2 aromatic carbocycles. The summed E-state index contributed by atoms with van der Waals surface area (Å²) in [6, 6.07) is 17.0. The normalized spacial score (nSPS) is 19.6. The SMILES string of the molecule is COC(=O)C1=C(CN2CCC(Cc3ccccc3)CC2)NC(=O)NC1c1cccc(OC)c1. The van der Waals surface area contributed by atoms with Crippen LogP contribution in [0.2, 0.25) is 0 Å². The molecule has 174 valence electrons. The summed E-state index contributed by atoms with van der Waals surface area (Å²) >= 11 is 0. The molecule has 0 bridgehead atoms. The van der Waals surface area contributed by atoms with Gasteiger partial charge in [0.05, 0.1) is 25.8 Å². The van der Waals surface area contributed by atoms with E-state index in [4.69, 9.17) is 9.47 Å². The monoisotopic (exact) mass is 449 g/mol. The minimum atomic E-state index is -0.605. The first-order chi connectivity index (χ1) is 16.1. The van der Waals surface area contributed by atoms with E-state index >= 15 is 0 Å². The lowest BCUT2D eigenvalue weighted by atomic mass is 9.89. The van der Waals surface area contributed by atoms with E-state index in [0.29, 0.717) is 29.5 Å². The number of amides is 2. The van der Waals surface area contributed by atoms with Crippen molar-refractivity contribution >= 4 is 12.0 Å². The van der Waals surface area contributed by atoms with Crippen LogP contribution in [0.3, 0.4) is 0 Å². The molecule has 2 aliphatic rings. The van der Waals surface area contributed by atoms with E-state index in [1.165, 1.54) is 12.7 Å². The fourth-order valence-electron chi connectivity index (χ4n) is 4.68. The highest BCUT2D eigenvalue weighted by atomic mass is 16.5. The molecule has 0 aromatic heterocycles. The summed E-state index contributed by atoms with van der Waals surface area (Å²) in [6.45, 7) is 2.33. The molecular weight excluding hydrogens is 418 g/mol. The average Bonchev–Trinajstić information content (AvgIpc) is 2.85. The Morgan fingerprint density at radius 2 is 1.82 bits per heavy atom. The maximum absolute atomic E-state index is 12.8. The van der Waals surface area contributed by atoms with Gasteiger partial charge in [-0.3, -0.25) is 4.90 Å². The molecule has 2 N–H and O–H groups in total. The highest BCUT2D eigenvalue weighted by Gasteiger charge is 2.34. The van der Waals surface area contributed by atoms with Crippen molar-refractivity contribution in [2.75, 3.05) is 33.9 Å². The van der Waals surface area contributed by atoms with Crippen LogP contribution in [-0.2, 0) is 16.0 Å². The van der Waals surface area contributed by atoms with E-state index in [-0.39, 0.29) is 6.03 Å². The zero-order valence-electron chi connectivity index (χ0n) is 19.2. The third-order valence-corrected chi connectivity index (χ3v) is 6.44. The van der Waals surface area contributed by atoms with Gasteiger partial charge < -0.3 is 20.1 Å². The molecule has 1 atom stereocenters. The van der Waals surface area contributed by atoms with Crippen molar-refractivity contribution in [2.45, 2.75) is 25.3 Å². The summed E-state index contributed by atoms with van der Waals surface area (Å²) in [4.78, 5) is 27.6. The smallest absolute Gasteiger partial charge is 0.338 e. The molecule has 4 rings (SSSR count). The summed E-state index contributed by atoms with van der Waals surface area (Å²) in [6.07, 6.45) is 3.26. The van der Waals surface area contributed by atoms with Crippen LogP contribution in [-0.4, -0.2) is 50.8 Å². The number of carbonyl (C=O) groups excluding carboxylic acids is 2. The fourth-order valence-corrected chi connectivity index (χ4v) is 4.68. The van der Waals surface area contributed by atoms with E-state index in [2.05, 4.69) is 39.8 Å². The Kier molecular flexibility index (Phi) is 7.29. The first-order valence-electron chi connectivity index (χ1n) is 11.4. The minimum absolute atomic E-state index is 0.329. The quantitative estimate of drug-likeness (QED) is 0.633. The molecule has 0 spiro atoms. The van der Waals surface area contributed by atoms with Gasteiger partial charge >= 0.3 is 12.0 Å². The molecule has 2 aliphatic heterocycles. The highest BCUT2D eigenvalue weighted by Crippen LogP contribution is 2.31. The van der Waals surface area contributed by atoms with Crippen LogP contribution >= 0.6 is 0 Å². The van der Waals surface area contributed by atoms with Crippen LogP contribution in [0.15, 0.2) is 65.9 Å². The number of ether oxygens (including phenoxy) is 2. The maximum atomic E-state index is 12.8. The number of methoxy groups -OCH3 is 2. The number of nitrogens with one attached hydrogen (secondary N) is 2. The number of urea groups is 1. The predicted octanol–water partition coefficient (Wildman–Crippen LogP) is 3.43. The van der Waals surface area contributed by atoms with Crippen LogP contribution in [0.1, 0.15) is 30.0 Å². The van der Waals surface area contributed by atoms with Crippen LogP contribution in [0.25, 0.3) is 0 Å². The van der Waals surface area contributed by atoms with Crippen molar-refractivity contribution in [2.24, 2.45) is 5.92 Å². The number of esters is 1. The second-order valence-electron chi connectivity index (χ2n) is 8.60. The van der Waals surface area contributed by atoms with E-state index in [1.54, 1.807) is 7.11 Å². The molecule has 2 aromatic rings. The van der Waals surface area contributed by atoms with Crippen molar-refractivity contribution in [3.8, 4) is 5.75 Å². The summed E-state index contributed by atoms with van der Waals surface area (Å²) in [7, 11) is 2.95. The highest BCUT2D eigenvalue weighted by molar-refractivity contribution is 5.95. The Labute approximate surface area is 194 Å². The van der Waals surface area contributed by atoms with E-state index < -0.39 is 12.0 Å². The Morgan fingerprint density at radius 3 is 2.52 bits per heavy atom. The summed E-state index contributed by atoms with van der Waals surface area (Å²) < 4.78 is 10.4. The minimum Gasteiger partial charge on any atom is -0.497 e. The Hall–Kier alpha value is -3.32. The third-order valence-electron chi connectivity index (χ3n) is 6.44. The standard InChI is InChI=1S/C26H31N3O4/c1-32-21-10-6-9-20(16-21)24-23(25(30)33-2)22(27-26(31)28-24)17-29-13-11-19(12-14-29)15-18-7-4-3-5-8-18/h3-10,16,19,24H,11-15,17H2,1-2H3,(H2,27,28,31). The van der Waals surface area contributed by atoms with Crippen LogP contribution < -0.4 is 15.4 Å². The lowest BCUT2D eigenvalue weighted by Gasteiger charge is -2.35. The lowest BCUT2D eigenvalue weighted by Crippen LogP contribution is -2.49. The van der Waals surface area contributed by atoms with Gasteiger partial charge in [0, 0.05) is 12.2 Å². The van der Waals surface area contributed by atoms with Gasteiger partial charge in [0.15, 0.2) is 0 Å². The molecule has 1 fully saturated rings. The molecule has 1 unspecified atom stereocenters. The Morgan fingerprint density at radius 1 is 1.06 bits per heavy atom. The maximum Gasteiger partial charge on any atom is 0.338 e. The number of likely N-dealkylation sites (tertiary alicyclic amines) is 1. The van der Waals surface area contributed by atoms with Crippen molar-refractivity contribution in [3.05, 3.63) is 77.0 Å². The van der Waals surface area contributed by atoms with Gasteiger partial charge in [0.1, 0.15) is 5.75 Å². The number of carbonyl (C=O) groups is 2. The fraction of sp³-hybridized carbons (Fsp3) is 0.385. The number of rotatable bonds is 7. The molecule has 1 saturated heterocycles. The van der Waals surface area contributed by atoms with Gasteiger partial charge in [-0.1, -0.05) is 42.5 Å². The van der Waals surface area contributed by atoms with Crippen molar-refractivity contribution < 1.29 is 19.1 Å². The number of nitrogens with zero attached hydrogens (tertiary/aromatic N) is 1. The van der Waals surface area contributed by atoms with Gasteiger partial charge in [-0.2, -0.15) is 0 Å². The number of hydrogen-bond donors (Lipinski definition) is 2. The lowest BCUT2D eigenvalue weighted by molar-refractivity contribution is -0.136. The van der Waals surface area contributed by atoms with Gasteiger partial charge in [-0.25, -0.2) is 9.59 Å². The van der Waals surface area contributed by atoms with E-state index in [9.17, 15) is 9.59 Å². The van der Waals surface area contributed by atoms with Crippen molar-refractivity contribution in [3.63, 3.8) is 0 Å². The summed E-state index contributed by atoms with van der Waals surface area (Å²) in [5, 5.41) is 5.73. The molecule has 7 nitrogen and oxygen atoms in total. The molecule has 2 amide bonds. The molecule has 33 heavy (non-hydrogen) atoms. The topological polar surface area (TPSA) is 79.9 Å². The summed E-state index contributed by atoms with van der Waals surface area (Å²) in [5.74, 6) is 0.848. The number of hydrogen-bond acceptors (Lipinski definition) is 5. The zero-order chi connectivity index (χ0) is 23.2. The average molecular weight is 450 g/mol. The number of piperidine rings is 1. The second kappa shape index (κ2) is 10.5. The second-order valence-corrected chi connectivity index (χ2v) is 8.60. The molecule has 7 heteroatoms. The molecule has 0 radical (unpaired) electrons. The largest absolute Gasteiger partial charge is 0.497 e. The van der Waals surface area contributed by atoms with Gasteiger partial charge in [-0.05, 0) is 61.5 Å².